The molecule has 2 aromatic rings. The van der Waals surface area contributed by atoms with E-state index in [0.717, 1.165) is 22.7 Å². The molecule has 0 atom stereocenters. The standard InChI is InChI=1S/C17H18N2O3S/c1-11-15(23-12(2)19-11)9-10-18-16(20)8-5-13-3-6-14(7-4-13)17(21)22/h3-8H,9-10H2,1-2H3,(H,18,20)(H,21,22)/b8-5+. The van der Waals surface area contributed by atoms with Gasteiger partial charge in [-0.25, -0.2) is 9.78 Å². The van der Waals surface area contributed by atoms with Crippen LogP contribution in [0.25, 0.3) is 6.08 Å². The molecule has 0 radical (unpaired) electrons. The predicted molar refractivity (Wildman–Crippen MR) is 90.7 cm³/mol. The molecule has 1 heterocycles. The van der Waals surface area contributed by atoms with E-state index in [-0.39, 0.29) is 11.5 Å². The van der Waals surface area contributed by atoms with Crippen molar-refractivity contribution in [2.75, 3.05) is 6.54 Å². The second kappa shape index (κ2) is 7.69. The number of rotatable bonds is 6. The Morgan fingerprint density at radius 2 is 1.96 bits per heavy atom. The molecule has 23 heavy (non-hydrogen) atoms. The number of carbonyl (C=O) groups is 2. The van der Waals surface area contributed by atoms with Gasteiger partial charge in [0.25, 0.3) is 0 Å². The second-order valence-corrected chi connectivity index (χ2v) is 6.33. The third-order valence-corrected chi connectivity index (χ3v) is 4.37. The van der Waals surface area contributed by atoms with Gasteiger partial charge in [0.15, 0.2) is 0 Å². The van der Waals surface area contributed by atoms with Crippen molar-refractivity contribution < 1.29 is 14.7 Å². The van der Waals surface area contributed by atoms with E-state index in [1.165, 1.54) is 23.1 Å². The Morgan fingerprint density at radius 1 is 1.26 bits per heavy atom. The first-order valence-electron chi connectivity index (χ1n) is 7.18. The minimum absolute atomic E-state index is 0.175. The zero-order valence-corrected chi connectivity index (χ0v) is 13.8. The molecule has 6 heteroatoms. The van der Waals surface area contributed by atoms with E-state index >= 15 is 0 Å². The van der Waals surface area contributed by atoms with Gasteiger partial charge in [-0.3, -0.25) is 4.79 Å². The van der Waals surface area contributed by atoms with Crippen molar-refractivity contribution in [1.29, 1.82) is 0 Å². The van der Waals surface area contributed by atoms with Gasteiger partial charge in [-0.2, -0.15) is 0 Å². The fraction of sp³-hybridized carbons (Fsp3) is 0.235. The summed E-state index contributed by atoms with van der Waals surface area (Å²) >= 11 is 1.65. The van der Waals surface area contributed by atoms with E-state index in [1.807, 2.05) is 13.8 Å². The molecule has 5 nitrogen and oxygen atoms in total. The first-order chi connectivity index (χ1) is 11.0. The summed E-state index contributed by atoms with van der Waals surface area (Å²) in [5.41, 5.74) is 2.02. The monoisotopic (exact) mass is 330 g/mol. The molecule has 0 aliphatic heterocycles. The number of aromatic nitrogens is 1. The number of benzene rings is 1. The number of nitrogens with one attached hydrogen (secondary N) is 1. The smallest absolute Gasteiger partial charge is 0.335 e. The van der Waals surface area contributed by atoms with Gasteiger partial charge in [0, 0.05) is 23.9 Å². The second-order valence-electron chi connectivity index (χ2n) is 5.04. The van der Waals surface area contributed by atoms with Gasteiger partial charge >= 0.3 is 5.97 Å². The fourth-order valence-corrected chi connectivity index (χ4v) is 3.01. The van der Waals surface area contributed by atoms with Crippen LogP contribution in [0.15, 0.2) is 30.3 Å². The Balaban J connectivity index is 1.82. The van der Waals surface area contributed by atoms with Crippen LogP contribution in [0.4, 0.5) is 0 Å². The van der Waals surface area contributed by atoms with Gasteiger partial charge < -0.3 is 10.4 Å². The molecule has 0 fully saturated rings. The number of thiazole rings is 1. The van der Waals surface area contributed by atoms with E-state index in [4.69, 9.17) is 5.11 Å². The summed E-state index contributed by atoms with van der Waals surface area (Å²) in [5.74, 6) is -1.14. The summed E-state index contributed by atoms with van der Waals surface area (Å²) in [4.78, 5) is 28.1. The highest BCUT2D eigenvalue weighted by molar-refractivity contribution is 7.11. The van der Waals surface area contributed by atoms with E-state index in [1.54, 1.807) is 29.5 Å². The summed E-state index contributed by atoms with van der Waals surface area (Å²) < 4.78 is 0. The lowest BCUT2D eigenvalue weighted by Gasteiger charge is -2.01. The predicted octanol–water partition coefficient (Wildman–Crippen LogP) is 2.83. The number of nitrogens with zero attached hydrogens (tertiary/aromatic N) is 1. The summed E-state index contributed by atoms with van der Waals surface area (Å²) in [7, 11) is 0. The molecule has 1 aromatic carbocycles. The third kappa shape index (κ3) is 5.03. The van der Waals surface area contributed by atoms with Gasteiger partial charge in [-0.15, -0.1) is 11.3 Å². The van der Waals surface area contributed by atoms with Gasteiger partial charge in [0.2, 0.25) is 5.91 Å². The molecule has 0 unspecified atom stereocenters. The van der Waals surface area contributed by atoms with Gasteiger partial charge in [-0.1, -0.05) is 12.1 Å². The Morgan fingerprint density at radius 3 is 2.52 bits per heavy atom. The molecular weight excluding hydrogens is 312 g/mol. The molecule has 0 aliphatic rings. The average molecular weight is 330 g/mol. The van der Waals surface area contributed by atoms with Crippen molar-refractivity contribution in [2.24, 2.45) is 0 Å². The van der Waals surface area contributed by atoms with Crippen molar-refractivity contribution >= 4 is 29.3 Å². The Labute approximate surface area is 138 Å². The quantitative estimate of drug-likeness (QED) is 0.798. The summed E-state index contributed by atoms with van der Waals surface area (Å²) in [6.07, 6.45) is 3.87. The van der Waals surface area contributed by atoms with Crippen LogP contribution in [-0.2, 0) is 11.2 Å². The SMILES string of the molecule is Cc1nc(C)c(CCNC(=O)/C=C/c2ccc(C(=O)O)cc2)s1. The van der Waals surface area contributed by atoms with Crippen LogP contribution < -0.4 is 5.32 Å². The molecule has 2 rings (SSSR count). The molecule has 0 saturated heterocycles. The number of aromatic carboxylic acids is 1. The van der Waals surface area contributed by atoms with Gasteiger partial charge in [-0.05, 0) is 37.6 Å². The number of aryl methyl sites for hydroxylation is 2. The van der Waals surface area contributed by atoms with Crippen LogP contribution in [0.1, 0.15) is 31.5 Å². The number of carbonyl (C=O) groups excluding carboxylic acids is 1. The van der Waals surface area contributed by atoms with E-state index in [2.05, 4.69) is 10.3 Å². The number of hydrogen-bond acceptors (Lipinski definition) is 4. The topological polar surface area (TPSA) is 79.3 Å². The minimum atomic E-state index is -0.966. The lowest BCUT2D eigenvalue weighted by Crippen LogP contribution is -2.23. The highest BCUT2D eigenvalue weighted by Crippen LogP contribution is 2.17. The first kappa shape index (κ1) is 16.9. The highest BCUT2D eigenvalue weighted by atomic mass is 32.1. The molecule has 0 spiro atoms. The van der Waals surface area contributed by atoms with Crippen LogP contribution in [0.5, 0.6) is 0 Å². The Kier molecular flexibility index (Phi) is 5.65. The van der Waals surface area contributed by atoms with E-state index in [9.17, 15) is 9.59 Å². The lowest BCUT2D eigenvalue weighted by atomic mass is 10.1. The van der Waals surface area contributed by atoms with Crippen LogP contribution in [0, 0.1) is 13.8 Å². The number of amides is 1. The molecule has 2 N–H and O–H groups in total. The molecule has 0 bridgehead atoms. The van der Waals surface area contributed by atoms with Crippen LogP contribution >= 0.6 is 11.3 Å². The van der Waals surface area contributed by atoms with Crippen molar-refractivity contribution in [1.82, 2.24) is 10.3 Å². The Bertz CT molecular complexity index is 733. The zero-order chi connectivity index (χ0) is 16.8. The maximum atomic E-state index is 11.8. The van der Waals surface area contributed by atoms with E-state index < -0.39 is 5.97 Å². The third-order valence-electron chi connectivity index (χ3n) is 3.24. The van der Waals surface area contributed by atoms with Crippen LogP contribution in [0.3, 0.4) is 0 Å². The summed E-state index contributed by atoms with van der Waals surface area (Å²) in [5, 5.41) is 12.7. The molecule has 1 aromatic heterocycles. The summed E-state index contributed by atoms with van der Waals surface area (Å²) in [6, 6.07) is 6.34. The molecule has 0 aliphatic carbocycles. The van der Waals surface area contributed by atoms with Crippen molar-refractivity contribution in [3.63, 3.8) is 0 Å². The van der Waals surface area contributed by atoms with Gasteiger partial charge in [0.05, 0.1) is 16.3 Å². The zero-order valence-electron chi connectivity index (χ0n) is 13.0. The Hall–Kier alpha value is -2.47. The largest absolute Gasteiger partial charge is 0.478 e. The number of carboxylic acids is 1. The van der Waals surface area contributed by atoms with Crippen molar-refractivity contribution in [2.45, 2.75) is 20.3 Å². The minimum Gasteiger partial charge on any atom is -0.478 e. The van der Waals surface area contributed by atoms with Gasteiger partial charge in [0.1, 0.15) is 0 Å². The van der Waals surface area contributed by atoms with Crippen molar-refractivity contribution in [3.05, 3.63) is 57.0 Å². The normalized spacial score (nSPS) is 10.9. The lowest BCUT2D eigenvalue weighted by molar-refractivity contribution is -0.116. The molecular formula is C17H18N2O3S. The number of hydrogen-bond donors (Lipinski definition) is 2. The first-order valence-corrected chi connectivity index (χ1v) is 7.99. The molecule has 1 amide bonds. The van der Waals surface area contributed by atoms with Crippen LogP contribution in [-0.4, -0.2) is 28.5 Å². The van der Waals surface area contributed by atoms with Crippen molar-refractivity contribution in [3.8, 4) is 0 Å². The van der Waals surface area contributed by atoms with E-state index in [0.29, 0.717) is 6.54 Å². The maximum Gasteiger partial charge on any atom is 0.335 e. The molecule has 120 valence electrons. The van der Waals surface area contributed by atoms with Crippen LogP contribution in [0.2, 0.25) is 0 Å². The maximum absolute atomic E-state index is 11.8. The fourth-order valence-electron chi connectivity index (χ4n) is 2.07. The average Bonchev–Trinajstić information content (AvgIpc) is 2.83. The summed E-state index contributed by atoms with van der Waals surface area (Å²) in [6.45, 7) is 4.50. The highest BCUT2D eigenvalue weighted by Gasteiger charge is 2.05. The number of carboxylic acid groups (broad SMARTS) is 1. The molecule has 0 saturated carbocycles.